The molecule has 1 aliphatic rings. The molecule has 1 aromatic heterocycles. The molecule has 0 aliphatic carbocycles. The molecule has 0 radical (unpaired) electrons. The number of nitrogens with one attached hydrogen (secondary N) is 4. The van der Waals surface area contributed by atoms with E-state index in [1.54, 1.807) is 20.8 Å². The summed E-state index contributed by atoms with van der Waals surface area (Å²) in [5.41, 5.74) is 12.5. The first-order valence-electron chi connectivity index (χ1n) is 17.9. The lowest BCUT2D eigenvalue weighted by Gasteiger charge is -2.36. The van der Waals surface area contributed by atoms with Crippen molar-refractivity contribution in [2.45, 2.75) is 84.9 Å². The maximum atomic E-state index is 14.4. The largest absolute Gasteiger partial charge is 0.491 e. The van der Waals surface area contributed by atoms with Crippen LogP contribution < -0.4 is 20.7 Å². The maximum Gasteiger partial charge on any atom is 0.408 e. The van der Waals surface area contributed by atoms with Crippen LogP contribution in [0.15, 0.2) is 77.0 Å². The van der Waals surface area contributed by atoms with Crippen LogP contribution in [0.5, 0.6) is 5.75 Å². The minimum absolute atomic E-state index is 0.0581. The van der Waals surface area contributed by atoms with Gasteiger partial charge in [0, 0.05) is 25.6 Å². The number of ether oxygens (including phenoxy) is 2. The number of anilines is 2. The van der Waals surface area contributed by atoms with Gasteiger partial charge in [0.05, 0.1) is 40.6 Å². The Morgan fingerprint density at radius 3 is 2.46 bits per heavy atom. The molecule has 4 N–H and O–H groups in total. The van der Waals surface area contributed by atoms with E-state index in [0.29, 0.717) is 54.1 Å². The fraction of sp³-hybridized carbons (Fsp3) is 0.400. The van der Waals surface area contributed by atoms with Gasteiger partial charge in [-0.15, -0.1) is 0 Å². The number of carbonyl (C=O) groups excluding carboxylic acids is 2. The normalized spacial score (nSPS) is 15.2. The van der Waals surface area contributed by atoms with Gasteiger partial charge in [-0.1, -0.05) is 50.2 Å². The van der Waals surface area contributed by atoms with Crippen molar-refractivity contribution in [3.05, 3.63) is 101 Å². The number of fused-ring (bicyclic) bond motifs is 1. The van der Waals surface area contributed by atoms with Crippen molar-refractivity contribution in [2.24, 2.45) is 10.5 Å². The van der Waals surface area contributed by atoms with E-state index in [9.17, 15) is 13.8 Å². The summed E-state index contributed by atoms with van der Waals surface area (Å²) in [4.78, 5) is 35.8. The molecule has 2 atom stereocenters. The van der Waals surface area contributed by atoms with Crippen molar-refractivity contribution in [1.82, 2.24) is 19.6 Å². The van der Waals surface area contributed by atoms with E-state index in [1.807, 2.05) is 87.5 Å². The minimum atomic E-state index is -1.44. The highest BCUT2D eigenvalue weighted by atomic mass is 32.2. The van der Waals surface area contributed by atoms with Crippen LogP contribution in [0.1, 0.15) is 81.1 Å². The Morgan fingerprint density at radius 1 is 1.06 bits per heavy atom. The Hall–Kier alpha value is -5.21. The Balaban J connectivity index is 1.48. The molecule has 2 heterocycles. The number of carbonyl (C=O) groups is 2. The third-order valence-electron chi connectivity index (χ3n) is 9.25. The molecule has 5 rings (SSSR count). The third kappa shape index (κ3) is 9.29. The van der Waals surface area contributed by atoms with Gasteiger partial charge in [-0.05, 0) is 87.6 Å². The van der Waals surface area contributed by atoms with Crippen LogP contribution in [0, 0.1) is 24.8 Å². The number of amides is 2. The number of alkyl carbamates (subject to hydrolysis) is 1. The summed E-state index contributed by atoms with van der Waals surface area (Å²) in [6.45, 7) is 17.0. The molecule has 0 spiro atoms. The molecular formula is C40H50N8O5S. The first-order chi connectivity index (χ1) is 25.6. The number of aromatic nitrogens is 2. The summed E-state index contributed by atoms with van der Waals surface area (Å²) in [5.74, 6) is 0.206. The molecule has 54 heavy (non-hydrogen) atoms. The number of hydrogen-bond acceptors (Lipinski definition) is 10. The first-order valence-corrected chi connectivity index (χ1v) is 19.1. The highest BCUT2D eigenvalue weighted by Crippen LogP contribution is 2.46. The van der Waals surface area contributed by atoms with Crippen molar-refractivity contribution >= 4 is 40.0 Å². The van der Waals surface area contributed by atoms with Gasteiger partial charge >= 0.3 is 6.09 Å². The maximum absolute atomic E-state index is 14.4. The quantitative estimate of drug-likeness (QED) is 0.106. The van der Waals surface area contributed by atoms with Crippen LogP contribution in [0.4, 0.5) is 21.9 Å². The molecule has 0 saturated carbocycles. The van der Waals surface area contributed by atoms with E-state index in [1.165, 1.54) is 12.4 Å². The zero-order valence-electron chi connectivity index (χ0n) is 32.2. The average Bonchev–Trinajstić information content (AvgIpc) is 3.27. The Bertz CT molecular complexity index is 2030. The zero-order valence-corrected chi connectivity index (χ0v) is 33.0. The van der Waals surface area contributed by atoms with Crippen LogP contribution in [0.3, 0.4) is 0 Å². The summed E-state index contributed by atoms with van der Waals surface area (Å²) in [6.07, 6.45) is 2.43. The monoisotopic (exact) mass is 754 g/mol. The first kappa shape index (κ1) is 40.0. The second-order valence-corrected chi connectivity index (χ2v) is 16.2. The van der Waals surface area contributed by atoms with Crippen molar-refractivity contribution in [3.63, 3.8) is 0 Å². The second-order valence-electron chi connectivity index (χ2n) is 14.8. The molecular weight excluding hydrogens is 705 g/mol. The molecule has 3 aromatic carbocycles. The van der Waals surface area contributed by atoms with E-state index in [0.717, 1.165) is 33.5 Å². The SMILES string of the molecule is CCNc1ccc([C@H](c2ccc(C)c(CN3CCOc4ccccc4S3=O)c2)C(C)(C)C(=O)Nc2cnc(CNC(=O)OC(C)(C)C)nc2)c(C)c1N=N. The van der Waals surface area contributed by atoms with Gasteiger partial charge in [-0.2, -0.15) is 5.11 Å². The number of hydrogen-bond donors (Lipinski definition) is 4. The zero-order chi connectivity index (χ0) is 39.2. The van der Waals surface area contributed by atoms with Gasteiger partial charge in [-0.3, -0.25) is 4.79 Å². The summed E-state index contributed by atoms with van der Waals surface area (Å²) in [6, 6.07) is 17.5. The highest BCUT2D eigenvalue weighted by molar-refractivity contribution is 7.82. The molecule has 0 fully saturated rings. The Morgan fingerprint density at radius 2 is 1.78 bits per heavy atom. The standard InChI is InChI=1S/C40H50N8O5S/c1-9-42-31-17-16-30(26(3)36(31)47-41)35(40(7,8)37(49)46-29-21-43-34(44-22-29)23-45-38(50)53-39(4,5)6)27-15-14-25(2)28(20-27)24-48-18-19-52-32-12-10-11-13-33(32)54(48)51/h10-17,20-22,35,41-42H,9,18-19,23-24H2,1-8H3,(H,45,50)(H,46,49)/t35-,54?/m0/s1. The molecule has 1 aliphatic heterocycles. The van der Waals surface area contributed by atoms with Gasteiger partial charge < -0.3 is 25.4 Å². The molecule has 0 bridgehead atoms. The van der Waals surface area contributed by atoms with Crippen LogP contribution in [-0.2, 0) is 33.6 Å². The average molecular weight is 755 g/mol. The summed E-state index contributed by atoms with van der Waals surface area (Å²) in [5, 5.41) is 12.8. The fourth-order valence-corrected chi connectivity index (χ4v) is 7.72. The molecule has 0 saturated heterocycles. The van der Waals surface area contributed by atoms with Crippen LogP contribution in [0.2, 0.25) is 0 Å². The van der Waals surface area contributed by atoms with E-state index >= 15 is 0 Å². The Labute approximate surface area is 319 Å². The van der Waals surface area contributed by atoms with Gasteiger partial charge in [0.25, 0.3) is 0 Å². The van der Waals surface area contributed by atoms with E-state index in [-0.39, 0.29) is 12.5 Å². The van der Waals surface area contributed by atoms with Crippen LogP contribution in [0.25, 0.3) is 0 Å². The van der Waals surface area contributed by atoms with E-state index < -0.39 is 34.0 Å². The lowest BCUT2D eigenvalue weighted by molar-refractivity contribution is -0.124. The van der Waals surface area contributed by atoms with Crippen molar-refractivity contribution < 1.29 is 23.3 Å². The van der Waals surface area contributed by atoms with Crippen molar-refractivity contribution in [3.8, 4) is 5.75 Å². The molecule has 13 nitrogen and oxygen atoms in total. The summed E-state index contributed by atoms with van der Waals surface area (Å²) >= 11 is 0. The second kappa shape index (κ2) is 16.9. The third-order valence-corrected chi connectivity index (χ3v) is 10.7. The van der Waals surface area contributed by atoms with Crippen molar-refractivity contribution in [1.29, 1.82) is 5.53 Å². The molecule has 2 amide bonds. The molecule has 286 valence electrons. The van der Waals surface area contributed by atoms with Crippen molar-refractivity contribution in [2.75, 3.05) is 30.3 Å². The number of aryl methyl sites for hydroxylation is 1. The number of rotatable bonds is 12. The smallest absolute Gasteiger partial charge is 0.408 e. The van der Waals surface area contributed by atoms with Gasteiger partial charge in [-0.25, -0.2) is 28.8 Å². The predicted octanol–water partition coefficient (Wildman–Crippen LogP) is 7.93. The van der Waals surface area contributed by atoms with E-state index in [4.69, 9.17) is 15.0 Å². The van der Waals surface area contributed by atoms with Gasteiger partial charge in [0.1, 0.15) is 40.5 Å². The number of para-hydroxylation sites is 1. The Kier molecular flexibility index (Phi) is 12.5. The van der Waals surface area contributed by atoms with Crippen LogP contribution >= 0.6 is 0 Å². The van der Waals surface area contributed by atoms with E-state index in [2.05, 4.69) is 37.1 Å². The molecule has 1 unspecified atom stereocenters. The topological polar surface area (TPSA) is 171 Å². The summed E-state index contributed by atoms with van der Waals surface area (Å²) in [7, 11) is -1.44. The number of nitrogens with zero attached hydrogens (tertiary/aromatic N) is 4. The fourth-order valence-electron chi connectivity index (χ4n) is 6.45. The number of benzene rings is 3. The van der Waals surface area contributed by atoms with Gasteiger partial charge in [0.2, 0.25) is 5.91 Å². The van der Waals surface area contributed by atoms with Gasteiger partial charge in [0.15, 0.2) is 0 Å². The lowest BCUT2D eigenvalue weighted by atomic mass is 9.69. The molecule has 4 aromatic rings. The molecule has 14 heteroatoms. The van der Waals surface area contributed by atoms with Crippen LogP contribution in [-0.4, -0.2) is 55.8 Å². The minimum Gasteiger partial charge on any atom is -0.491 e. The summed E-state index contributed by atoms with van der Waals surface area (Å²) < 4.78 is 26.9. The predicted molar refractivity (Wildman–Crippen MR) is 209 cm³/mol. The lowest BCUT2D eigenvalue weighted by Crippen LogP contribution is -2.37. The highest BCUT2D eigenvalue weighted by Gasteiger charge is 2.40.